The number of aromatic nitrogens is 1. The smallest absolute Gasteiger partial charge is 0.230 e. The van der Waals surface area contributed by atoms with E-state index in [0.717, 1.165) is 18.5 Å². The summed E-state index contributed by atoms with van der Waals surface area (Å²) in [6.07, 6.45) is 5.26. The maximum Gasteiger partial charge on any atom is 0.230 e. The van der Waals surface area contributed by atoms with E-state index in [9.17, 15) is 4.79 Å². The van der Waals surface area contributed by atoms with Gasteiger partial charge in [-0.25, -0.2) is 0 Å². The molecule has 1 aromatic heterocycles. The van der Waals surface area contributed by atoms with Crippen LogP contribution in [0.25, 0.3) is 0 Å². The number of hydrogen-bond donors (Lipinski definition) is 1. The summed E-state index contributed by atoms with van der Waals surface area (Å²) in [5.74, 6) is 0.587. The monoisotopic (exact) mass is 289 g/mol. The summed E-state index contributed by atoms with van der Waals surface area (Å²) in [6.45, 7) is 9.23. The highest BCUT2D eigenvalue weighted by atomic mass is 16.2. The van der Waals surface area contributed by atoms with Crippen LogP contribution in [0.5, 0.6) is 0 Å². The van der Waals surface area contributed by atoms with E-state index in [0.29, 0.717) is 12.5 Å². The lowest BCUT2D eigenvalue weighted by atomic mass is 9.60. The van der Waals surface area contributed by atoms with Gasteiger partial charge in [-0.15, -0.1) is 0 Å². The Morgan fingerprint density at radius 2 is 2.00 bits per heavy atom. The quantitative estimate of drug-likeness (QED) is 0.931. The zero-order valence-corrected chi connectivity index (χ0v) is 13.5. The van der Waals surface area contributed by atoms with Gasteiger partial charge in [-0.3, -0.25) is 9.78 Å². The van der Waals surface area contributed by atoms with Crippen LogP contribution in [-0.2, 0) is 4.79 Å². The molecular weight excluding hydrogens is 262 g/mol. The highest BCUT2D eigenvalue weighted by Crippen LogP contribution is 2.45. The predicted molar refractivity (Wildman–Crippen MR) is 85.9 cm³/mol. The van der Waals surface area contributed by atoms with E-state index in [1.807, 2.05) is 24.0 Å². The lowest BCUT2D eigenvalue weighted by Crippen LogP contribution is -2.52. The molecule has 0 bridgehead atoms. The first-order chi connectivity index (χ1) is 9.89. The van der Waals surface area contributed by atoms with E-state index in [2.05, 4.69) is 25.8 Å². The molecule has 4 heteroatoms. The van der Waals surface area contributed by atoms with Crippen molar-refractivity contribution in [1.29, 1.82) is 0 Å². The summed E-state index contributed by atoms with van der Waals surface area (Å²) >= 11 is 0. The van der Waals surface area contributed by atoms with Gasteiger partial charge in [0.2, 0.25) is 5.91 Å². The van der Waals surface area contributed by atoms with Crippen LogP contribution in [0.3, 0.4) is 0 Å². The topological polar surface area (TPSA) is 59.2 Å². The molecule has 1 amide bonds. The molecular formula is C17H27N3O. The van der Waals surface area contributed by atoms with Crippen molar-refractivity contribution in [3.63, 3.8) is 0 Å². The van der Waals surface area contributed by atoms with Gasteiger partial charge in [-0.05, 0) is 43.2 Å². The summed E-state index contributed by atoms with van der Waals surface area (Å²) in [6, 6.07) is 3.98. The molecule has 1 aliphatic rings. The molecule has 116 valence electrons. The highest BCUT2D eigenvalue weighted by molar-refractivity contribution is 5.95. The Morgan fingerprint density at radius 1 is 1.38 bits per heavy atom. The molecule has 1 aliphatic carbocycles. The molecule has 0 spiro atoms. The van der Waals surface area contributed by atoms with Crippen molar-refractivity contribution in [2.24, 2.45) is 23.0 Å². The van der Waals surface area contributed by atoms with E-state index < -0.39 is 0 Å². The summed E-state index contributed by atoms with van der Waals surface area (Å²) in [5.41, 5.74) is 7.06. The summed E-state index contributed by atoms with van der Waals surface area (Å²) in [5, 5.41) is 0. The maximum absolute atomic E-state index is 13.1. The van der Waals surface area contributed by atoms with Gasteiger partial charge in [0, 0.05) is 36.6 Å². The molecule has 3 unspecified atom stereocenters. The number of anilines is 1. The van der Waals surface area contributed by atoms with E-state index >= 15 is 0 Å². The summed E-state index contributed by atoms with van der Waals surface area (Å²) in [4.78, 5) is 19.0. The number of nitrogens with two attached hydrogens (primary N) is 1. The van der Waals surface area contributed by atoms with Crippen LogP contribution in [-0.4, -0.2) is 23.5 Å². The number of carbonyl (C=O) groups excluding carboxylic acids is 1. The molecule has 0 radical (unpaired) electrons. The normalized spacial score (nSPS) is 28.1. The van der Waals surface area contributed by atoms with Gasteiger partial charge in [0.1, 0.15) is 0 Å². The lowest BCUT2D eigenvalue weighted by Gasteiger charge is -2.47. The van der Waals surface area contributed by atoms with Crippen molar-refractivity contribution in [3.05, 3.63) is 24.5 Å². The highest BCUT2D eigenvalue weighted by Gasteiger charge is 2.46. The van der Waals surface area contributed by atoms with Crippen molar-refractivity contribution in [1.82, 2.24) is 4.98 Å². The Labute approximate surface area is 127 Å². The Balaban J connectivity index is 2.26. The Hall–Kier alpha value is -1.42. The zero-order chi connectivity index (χ0) is 15.6. The van der Waals surface area contributed by atoms with Crippen molar-refractivity contribution < 1.29 is 4.79 Å². The number of carbonyl (C=O) groups is 1. The SMILES string of the molecule is CCN(C(=O)C1CCC(N)C(C)C1(C)C)c1ccncc1. The number of pyridine rings is 1. The predicted octanol–water partition coefficient (Wildman–Crippen LogP) is 2.83. The maximum atomic E-state index is 13.1. The van der Waals surface area contributed by atoms with Crippen LogP contribution in [0.1, 0.15) is 40.5 Å². The second kappa shape index (κ2) is 6.14. The zero-order valence-electron chi connectivity index (χ0n) is 13.5. The Kier molecular flexibility index (Phi) is 4.67. The minimum Gasteiger partial charge on any atom is -0.327 e. The summed E-state index contributed by atoms with van der Waals surface area (Å²) in [7, 11) is 0. The molecule has 0 saturated heterocycles. The molecule has 2 rings (SSSR count). The molecule has 1 fully saturated rings. The molecule has 0 aliphatic heterocycles. The average Bonchev–Trinajstić information content (AvgIpc) is 2.46. The first-order valence-corrected chi connectivity index (χ1v) is 7.86. The molecule has 0 aromatic carbocycles. The fourth-order valence-electron chi connectivity index (χ4n) is 3.47. The van der Waals surface area contributed by atoms with Gasteiger partial charge in [0.25, 0.3) is 0 Å². The van der Waals surface area contributed by atoms with E-state index in [4.69, 9.17) is 5.73 Å². The average molecular weight is 289 g/mol. The number of hydrogen-bond acceptors (Lipinski definition) is 3. The molecule has 3 atom stereocenters. The Morgan fingerprint density at radius 3 is 2.57 bits per heavy atom. The van der Waals surface area contributed by atoms with E-state index in [-0.39, 0.29) is 23.3 Å². The molecule has 2 N–H and O–H groups in total. The van der Waals surface area contributed by atoms with E-state index in [1.54, 1.807) is 12.4 Å². The molecule has 1 aromatic rings. The first kappa shape index (κ1) is 16.0. The van der Waals surface area contributed by atoms with Gasteiger partial charge in [-0.2, -0.15) is 0 Å². The van der Waals surface area contributed by atoms with E-state index in [1.165, 1.54) is 0 Å². The lowest BCUT2D eigenvalue weighted by molar-refractivity contribution is -0.129. The van der Waals surface area contributed by atoms with Crippen LogP contribution in [0.2, 0.25) is 0 Å². The summed E-state index contributed by atoms with van der Waals surface area (Å²) < 4.78 is 0. The standard InChI is InChI=1S/C17H27N3O/c1-5-20(13-8-10-19-11-9-13)16(21)14-6-7-15(18)12(2)17(14,3)4/h8-12,14-15H,5-7,18H2,1-4H3. The number of nitrogens with zero attached hydrogens (tertiary/aromatic N) is 2. The van der Waals surface area contributed by atoms with Crippen LogP contribution in [0.4, 0.5) is 5.69 Å². The third-order valence-corrected chi connectivity index (χ3v) is 5.36. The number of rotatable bonds is 3. The van der Waals surface area contributed by atoms with Crippen LogP contribution < -0.4 is 10.6 Å². The number of amides is 1. The first-order valence-electron chi connectivity index (χ1n) is 7.86. The van der Waals surface area contributed by atoms with Crippen molar-refractivity contribution in [3.8, 4) is 0 Å². The van der Waals surface area contributed by atoms with Gasteiger partial charge >= 0.3 is 0 Å². The van der Waals surface area contributed by atoms with Gasteiger partial charge < -0.3 is 10.6 Å². The molecule has 1 heterocycles. The fourth-order valence-corrected chi connectivity index (χ4v) is 3.47. The third-order valence-electron chi connectivity index (χ3n) is 5.36. The van der Waals surface area contributed by atoms with Crippen molar-refractivity contribution in [2.75, 3.05) is 11.4 Å². The van der Waals surface area contributed by atoms with Crippen LogP contribution in [0.15, 0.2) is 24.5 Å². The Bertz CT molecular complexity index is 486. The minimum absolute atomic E-state index is 0.0282. The van der Waals surface area contributed by atoms with Crippen molar-refractivity contribution in [2.45, 2.75) is 46.6 Å². The second-order valence-electron chi connectivity index (χ2n) is 6.69. The largest absolute Gasteiger partial charge is 0.327 e. The third kappa shape index (κ3) is 2.95. The fraction of sp³-hybridized carbons (Fsp3) is 0.647. The molecule has 4 nitrogen and oxygen atoms in total. The van der Waals surface area contributed by atoms with Gasteiger partial charge in [0.15, 0.2) is 0 Å². The van der Waals surface area contributed by atoms with Crippen LogP contribution >= 0.6 is 0 Å². The van der Waals surface area contributed by atoms with Gasteiger partial charge in [-0.1, -0.05) is 20.8 Å². The minimum atomic E-state index is -0.0742. The van der Waals surface area contributed by atoms with Crippen molar-refractivity contribution >= 4 is 11.6 Å². The van der Waals surface area contributed by atoms with Crippen LogP contribution in [0, 0.1) is 17.3 Å². The molecule has 1 saturated carbocycles. The molecule has 21 heavy (non-hydrogen) atoms. The van der Waals surface area contributed by atoms with Gasteiger partial charge in [0.05, 0.1) is 0 Å². The second-order valence-corrected chi connectivity index (χ2v) is 6.69.